The van der Waals surface area contributed by atoms with Gasteiger partial charge in [0.15, 0.2) is 0 Å². The van der Waals surface area contributed by atoms with Gasteiger partial charge in [-0.3, -0.25) is 8.37 Å². The molecule has 0 amide bonds. The molecular formula is C12H20O6S4. The van der Waals surface area contributed by atoms with Gasteiger partial charge in [-0.05, 0) is 24.1 Å². The molecule has 0 N–H and O–H groups in total. The van der Waals surface area contributed by atoms with Crippen molar-refractivity contribution in [1.82, 2.24) is 0 Å². The van der Waals surface area contributed by atoms with Crippen molar-refractivity contribution >= 4 is 45.5 Å². The zero-order valence-corrected chi connectivity index (χ0v) is 15.8. The van der Waals surface area contributed by atoms with Gasteiger partial charge in [0.25, 0.3) is 20.2 Å². The maximum atomic E-state index is 10.8. The molecule has 0 heterocycles. The molecule has 0 aliphatic carbocycles. The van der Waals surface area contributed by atoms with Crippen LogP contribution in [0.2, 0.25) is 0 Å². The molecule has 22 heavy (non-hydrogen) atoms. The lowest BCUT2D eigenvalue weighted by atomic mass is 10.2. The maximum Gasteiger partial charge on any atom is 0.264 e. The summed E-state index contributed by atoms with van der Waals surface area (Å²) in [7, 11) is -6.78. The van der Waals surface area contributed by atoms with E-state index in [0.29, 0.717) is 12.2 Å². The summed E-state index contributed by atoms with van der Waals surface area (Å²) in [6, 6.07) is 7.54. The van der Waals surface area contributed by atoms with E-state index < -0.39 is 20.2 Å². The fourth-order valence-corrected chi connectivity index (χ4v) is 3.02. The van der Waals surface area contributed by atoms with Crippen LogP contribution in [0.15, 0.2) is 29.2 Å². The molecule has 0 aromatic heterocycles. The summed E-state index contributed by atoms with van der Waals surface area (Å²) >= 11 is 1.48. The third kappa shape index (κ3) is 11.3. The largest absolute Gasteiger partial charge is 0.270 e. The van der Waals surface area contributed by atoms with Crippen molar-refractivity contribution in [3.05, 3.63) is 29.8 Å². The van der Waals surface area contributed by atoms with Crippen LogP contribution in [0.4, 0.5) is 0 Å². The van der Waals surface area contributed by atoms with Gasteiger partial charge in [-0.25, -0.2) is 0 Å². The molecule has 0 spiro atoms. The van der Waals surface area contributed by atoms with Crippen LogP contribution in [-0.2, 0) is 35.0 Å². The Kier molecular flexibility index (Phi) is 9.67. The molecule has 0 atom stereocenters. The predicted molar refractivity (Wildman–Crippen MR) is 92.8 cm³/mol. The van der Waals surface area contributed by atoms with Crippen molar-refractivity contribution in [3.63, 3.8) is 0 Å². The predicted octanol–water partition coefficient (Wildman–Crippen LogP) is 1.39. The molecule has 0 bridgehead atoms. The number of thioether (sulfide) groups is 1. The Balaban J connectivity index is 0.00000441. The van der Waals surface area contributed by atoms with Crippen LogP contribution in [0.25, 0.3) is 0 Å². The van der Waals surface area contributed by atoms with Crippen molar-refractivity contribution in [2.75, 3.05) is 31.5 Å². The van der Waals surface area contributed by atoms with E-state index in [1.165, 1.54) is 11.8 Å². The zero-order chi connectivity index (χ0) is 15.9. The monoisotopic (exact) mass is 388 g/mol. The minimum absolute atomic E-state index is 0. The molecule has 0 aliphatic heterocycles. The van der Waals surface area contributed by atoms with Gasteiger partial charge < -0.3 is 0 Å². The Morgan fingerprint density at radius 2 is 1.41 bits per heavy atom. The highest BCUT2D eigenvalue weighted by Gasteiger charge is 2.03. The fourth-order valence-electron chi connectivity index (χ4n) is 1.41. The minimum Gasteiger partial charge on any atom is -0.270 e. The minimum atomic E-state index is -3.40. The summed E-state index contributed by atoms with van der Waals surface area (Å²) in [4.78, 5) is 0.986. The van der Waals surface area contributed by atoms with Crippen LogP contribution >= 0.6 is 25.3 Å². The Labute approximate surface area is 143 Å². The van der Waals surface area contributed by atoms with Gasteiger partial charge in [-0.15, -0.1) is 11.8 Å². The number of hydrogen-bond acceptors (Lipinski definition) is 7. The zero-order valence-electron chi connectivity index (χ0n) is 12.3. The summed E-state index contributed by atoms with van der Waals surface area (Å²) in [6.45, 7) is 0.251. The second-order valence-corrected chi connectivity index (χ2v) is 8.75. The highest BCUT2D eigenvalue weighted by molar-refractivity contribution is 7.99. The van der Waals surface area contributed by atoms with Crippen molar-refractivity contribution in [3.8, 4) is 0 Å². The highest BCUT2D eigenvalue weighted by Crippen LogP contribution is 2.18. The molecule has 10 heteroatoms. The smallest absolute Gasteiger partial charge is 0.264 e. The highest BCUT2D eigenvalue weighted by atomic mass is 32.2. The SMILES string of the molecule is CS(=O)(=O)OCCSc1ccc(CCOS(C)(=O)=O)cc1.S. The third-order valence-corrected chi connectivity index (χ3v) is 4.43. The van der Waals surface area contributed by atoms with Crippen LogP contribution in [0.3, 0.4) is 0 Å². The molecule has 0 radical (unpaired) electrons. The van der Waals surface area contributed by atoms with Gasteiger partial charge in [0, 0.05) is 10.6 Å². The molecule has 1 aromatic carbocycles. The van der Waals surface area contributed by atoms with Crippen molar-refractivity contribution in [1.29, 1.82) is 0 Å². The standard InChI is InChI=1S/C12H18O6S3.H2S/c1-20(13,14)17-8-7-11-3-5-12(6-4-11)19-10-9-18-21(2,15)16;/h3-6H,7-10H2,1-2H3;1H2. The van der Waals surface area contributed by atoms with E-state index in [0.717, 1.165) is 23.0 Å². The Morgan fingerprint density at radius 1 is 0.909 bits per heavy atom. The Morgan fingerprint density at radius 3 is 1.91 bits per heavy atom. The Hall–Kier alpha value is -0.260. The summed E-state index contributed by atoms with van der Waals surface area (Å²) in [5, 5.41) is 0. The molecule has 0 saturated heterocycles. The van der Waals surface area contributed by atoms with E-state index in [-0.39, 0.29) is 26.7 Å². The first-order chi connectivity index (χ1) is 9.66. The average Bonchev–Trinajstić information content (AvgIpc) is 2.34. The lowest BCUT2D eigenvalue weighted by Crippen LogP contribution is -2.06. The van der Waals surface area contributed by atoms with E-state index in [9.17, 15) is 16.8 Å². The first-order valence-corrected chi connectivity index (χ1v) is 10.7. The third-order valence-electron chi connectivity index (χ3n) is 2.26. The molecule has 0 fully saturated rings. The van der Waals surface area contributed by atoms with Crippen molar-refractivity contribution < 1.29 is 25.2 Å². The molecular weight excluding hydrogens is 368 g/mol. The topological polar surface area (TPSA) is 86.7 Å². The average molecular weight is 389 g/mol. The molecule has 6 nitrogen and oxygen atoms in total. The van der Waals surface area contributed by atoms with E-state index in [1.807, 2.05) is 24.3 Å². The van der Waals surface area contributed by atoms with E-state index in [4.69, 9.17) is 0 Å². The van der Waals surface area contributed by atoms with Crippen LogP contribution in [0.5, 0.6) is 0 Å². The molecule has 1 aromatic rings. The van der Waals surface area contributed by atoms with Crippen molar-refractivity contribution in [2.45, 2.75) is 11.3 Å². The van der Waals surface area contributed by atoms with Crippen LogP contribution < -0.4 is 0 Å². The molecule has 1 rings (SSSR count). The lowest BCUT2D eigenvalue weighted by Gasteiger charge is -2.05. The number of rotatable bonds is 9. The molecule has 0 aliphatic rings. The molecule has 0 unspecified atom stereocenters. The summed E-state index contributed by atoms with van der Waals surface area (Å²) in [5.41, 5.74) is 0.968. The summed E-state index contributed by atoms with van der Waals surface area (Å²) in [5.74, 6) is 0.531. The number of hydrogen-bond donors (Lipinski definition) is 0. The first-order valence-electron chi connectivity index (χ1n) is 6.06. The van der Waals surface area contributed by atoms with Crippen LogP contribution in [0.1, 0.15) is 5.56 Å². The van der Waals surface area contributed by atoms with Gasteiger partial charge in [0.2, 0.25) is 0 Å². The number of benzene rings is 1. The van der Waals surface area contributed by atoms with Gasteiger partial charge >= 0.3 is 0 Å². The molecule has 128 valence electrons. The van der Waals surface area contributed by atoms with Gasteiger partial charge in [0.05, 0.1) is 25.7 Å². The second-order valence-electron chi connectivity index (χ2n) is 4.29. The summed E-state index contributed by atoms with van der Waals surface area (Å²) in [6.07, 6.45) is 2.55. The quantitative estimate of drug-likeness (QED) is 0.359. The van der Waals surface area contributed by atoms with Gasteiger partial charge in [-0.2, -0.15) is 30.3 Å². The fraction of sp³-hybridized carbons (Fsp3) is 0.500. The van der Waals surface area contributed by atoms with Gasteiger partial charge in [0.1, 0.15) is 0 Å². The lowest BCUT2D eigenvalue weighted by molar-refractivity contribution is 0.326. The Bertz CT molecular complexity index is 637. The van der Waals surface area contributed by atoms with Crippen LogP contribution in [0, 0.1) is 0 Å². The van der Waals surface area contributed by atoms with Gasteiger partial charge in [-0.1, -0.05) is 12.1 Å². The first kappa shape index (κ1) is 21.7. The van der Waals surface area contributed by atoms with E-state index in [2.05, 4.69) is 8.37 Å². The maximum absolute atomic E-state index is 10.8. The van der Waals surface area contributed by atoms with E-state index >= 15 is 0 Å². The summed E-state index contributed by atoms with van der Waals surface area (Å²) < 4.78 is 52.5. The molecule has 0 saturated carbocycles. The van der Waals surface area contributed by atoms with Crippen molar-refractivity contribution in [2.24, 2.45) is 0 Å². The van der Waals surface area contributed by atoms with E-state index in [1.54, 1.807) is 0 Å². The normalized spacial score (nSPS) is 11.9. The second kappa shape index (κ2) is 9.78. The van der Waals surface area contributed by atoms with Crippen LogP contribution in [-0.4, -0.2) is 48.3 Å².